The molecule has 0 aliphatic carbocycles. The first-order valence-corrected chi connectivity index (χ1v) is 5.86. The fourth-order valence-electron chi connectivity index (χ4n) is 1.74. The molecule has 1 aliphatic heterocycles. The number of nitrogens with zero attached hydrogens (tertiary/aromatic N) is 2. The van der Waals surface area contributed by atoms with Crippen LogP contribution in [0.3, 0.4) is 0 Å². The number of hydrogen-bond acceptors (Lipinski definition) is 2. The smallest absolute Gasteiger partial charge is 0.318 e. The molecule has 3 amide bonds. The maximum atomic E-state index is 11.7. The van der Waals surface area contributed by atoms with Crippen LogP contribution in [0.1, 0.15) is 26.7 Å². The molecule has 0 aromatic heterocycles. The zero-order valence-electron chi connectivity index (χ0n) is 10.3. The van der Waals surface area contributed by atoms with E-state index in [2.05, 4.69) is 5.32 Å². The minimum atomic E-state index is -0.446. The van der Waals surface area contributed by atoms with Crippen molar-refractivity contribution in [1.82, 2.24) is 15.1 Å². The Balaban J connectivity index is 2.40. The van der Waals surface area contributed by atoms with Crippen molar-refractivity contribution in [2.75, 3.05) is 26.7 Å². The van der Waals surface area contributed by atoms with Gasteiger partial charge in [0.05, 0.1) is 0 Å². The number of amides is 3. The Bertz CT molecular complexity index is 262. The summed E-state index contributed by atoms with van der Waals surface area (Å²) in [7, 11) is 1.74. The van der Waals surface area contributed by atoms with E-state index in [0.717, 1.165) is 25.9 Å². The van der Waals surface area contributed by atoms with E-state index in [1.165, 1.54) is 0 Å². The summed E-state index contributed by atoms with van der Waals surface area (Å²) in [5.41, 5.74) is 0. The molecule has 0 aromatic rings. The molecule has 1 aliphatic rings. The molecular formula is C11H21N3O2. The molecule has 16 heavy (non-hydrogen) atoms. The largest absolute Gasteiger partial charge is 0.344 e. The fourth-order valence-corrected chi connectivity index (χ4v) is 1.74. The summed E-state index contributed by atoms with van der Waals surface area (Å²) in [5, 5.41) is 2.73. The molecule has 0 bridgehead atoms. The van der Waals surface area contributed by atoms with E-state index in [1.54, 1.807) is 23.8 Å². The second-order valence-corrected chi connectivity index (χ2v) is 4.22. The predicted molar refractivity (Wildman–Crippen MR) is 62.1 cm³/mol. The maximum Gasteiger partial charge on any atom is 0.318 e. The van der Waals surface area contributed by atoms with Crippen molar-refractivity contribution in [3.8, 4) is 0 Å². The summed E-state index contributed by atoms with van der Waals surface area (Å²) in [6.07, 6.45) is 2.12. The van der Waals surface area contributed by atoms with Crippen molar-refractivity contribution in [3.05, 3.63) is 0 Å². The summed E-state index contributed by atoms with van der Waals surface area (Å²) in [6.45, 7) is 5.89. The zero-order chi connectivity index (χ0) is 12.1. The molecule has 92 valence electrons. The van der Waals surface area contributed by atoms with Gasteiger partial charge in [0.1, 0.15) is 6.04 Å². The van der Waals surface area contributed by atoms with Gasteiger partial charge in [-0.2, -0.15) is 0 Å². The molecular weight excluding hydrogens is 206 g/mol. The van der Waals surface area contributed by atoms with Gasteiger partial charge < -0.3 is 15.1 Å². The Hall–Kier alpha value is -1.26. The summed E-state index contributed by atoms with van der Waals surface area (Å²) < 4.78 is 0. The fraction of sp³-hybridized carbons (Fsp3) is 0.818. The van der Waals surface area contributed by atoms with Crippen LogP contribution < -0.4 is 5.32 Å². The van der Waals surface area contributed by atoms with Crippen LogP contribution in [0.2, 0.25) is 0 Å². The van der Waals surface area contributed by atoms with Gasteiger partial charge >= 0.3 is 6.03 Å². The highest BCUT2D eigenvalue weighted by Crippen LogP contribution is 2.07. The summed E-state index contributed by atoms with van der Waals surface area (Å²) in [4.78, 5) is 26.8. The molecule has 0 radical (unpaired) electrons. The highest BCUT2D eigenvalue weighted by molar-refractivity contribution is 5.86. The third-order valence-corrected chi connectivity index (χ3v) is 2.95. The number of carbonyl (C=O) groups is 2. The van der Waals surface area contributed by atoms with Crippen molar-refractivity contribution in [3.63, 3.8) is 0 Å². The number of carbonyl (C=O) groups excluding carboxylic acids is 2. The van der Waals surface area contributed by atoms with E-state index in [4.69, 9.17) is 0 Å². The first-order valence-electron chi connectivity index (χ1n) is 5.86. The minimum absolute atomic E-state index is 0.0463. The summed E-state index contributed by atoms with van der Waals surface area (Å²) in [6, 6.07) is -0.569. The zero-order valence-corrected chi connectivity index (χ0v) is 10.3. The lowest BCUT2D eigenvalue weighted by Crippen LogP contribution is -2.49. The van der Waals surface area contributed by atoms with Crippen LogP contribution in [0.5, 0.6) is 0 Å². The van der Waals surface area contributed by atoms with Gasteiger partial charge in [-0.1, -0.05) is 0 Å². The molecule has 0 aromatic carbocycles. The molecule has 0 spiro atoms. The van der Waals surface area contributed by atoms with Crippen LogP contribution in [0.15, 0.2) is 0 Å². The molecule has 1 heterocycles. The quantitative estimate of drug-likeness (QED) is 0.770. The Labute approximate surface area is 96.8 Å². The lowest BCUT2D eigenvalue weighted by Gasteiger charge is -2.23. The molecule has 1 N–H and O–H groups in total. The molecule has 1 atom stereocenters. The van der Waals surface area contributed by atoms with Crippen LogP contribution in [-0.4, -0.2) is 54.5 Å². The molecule has 1 fully saturated rings. The van der Waals surface area contributed by atoms with E-state index in [0.29, 0.717) is 6.54 Å². The third kappa shape index (κ3) is 3.12. The first kappa shape index (κ1) is 12.8. The Morgan fingerprint density at radius 3 is 2.44 bits per heavy atom. The van der Waals surface area contributed by atoms with E-state index < -0.39 is 6.04 Å². The van der Waals surface area contributed by atoms with Gasteiger partial charge in [-0.05, 0) is 26.7 Å². The van der Waals surface area contributed by atoms with E-state index in [1.807, 2.05) is 6.92 Å². The van der Waals surface area contributed by atoms with Gasteiger partial charge in [-0.25, -0.2) is 4.79 Å². The van der Waals surface area contributed by atoms with Crippen LogP contribution in [0.25, 0.3) is 0 Å². The second kappa shape index (κ2) is 5.72. The Morgan fingerprint density at radius 2 is 1.94 bits per heavy atom. The number of rotatable bonds is 3. The van der Waals surface area contributed by atoms with Gasteiger partial charge in [0.15, 0.2) is 0 Å². The lowest BCUT2D eigenvalue weighted by atomic mass is 10.3. The van der Waals surface area contributed by atoms with Crippen LogP contribution in [0, 0.1) is 0 Å². The molecule has 1 rings (SSSR count). The van der Waals surface area contributed by atoms with Crippen molar-refractivity contribution < 1.29 is 9.59 Å². The number of hydrogen-bond donors (Lipinski definition) is 1. The van der Waals surface area contributed by atoms with Crippen LogP contribution in [-0.2, 0) is 4.79 Å². The Kier molecular flexibility index (Phi) is 4.58. The molecule has 5 heteroatoms. The van der Waals surface area contributed by atoms with E-state index in [-0.39, 0.29) is 11.9 Å². The van der Waals surface area contributed by atoms with Gasteiger partial charge in [0, 0.05) is 26.7 Å². The standard InChI is InChI=1S/C11H21N3O2/c1-4-13(3)10(15)9(2)12-11(16)14-7-5-6-8-14/h9H,4-8H2,1-3H3,(H,12,16). The first-order chi connectivity index (χ1) is 7.56. The number of likely N-dealkylation sites (N-methyl/N-ethyl adjacent to an activating group) is 1. The average Bonchev–Trinajstić information content (AvgIpc) is 2.80. The molecule has 1 saturated heterocycles. The van der Waals surface area contributed by atoms with Crippen molar-refractivity contribution in [1.29, 1.82) is 0 Å². The van der Waals surface area contributed by atoms with Gasteiger partial charge in [0.25, 0.3) is 0 Å². The number of nitrogens with one attached hydrogen (secondary N) is 1. The third-order valence-electron chi connectivity index (χ3n) is 2.95. The lowest BCUT2D eigenvalue weighted by molar-refractivity contribution is -0.131. The average molecular weight is 227 g/mol. The van der Waals surface area contributed by atoms with Crippen molar-refractivity contribution in [2.24, 2.45) is 0 Å². The topological polar surface area (TPSA) is 52.7 Å². The van der Waals surface area contributed by atoms with Gasteiger partial charge in [-0.15, -0.1) is 0 Å². The normalized spacial score (nSPS) is 17.1. The highest BCUT2D eigenvalue weighted by atomic mass is 16.2. The SMILES string of the molecule is CCN(C)C(=O)C(C)NC(=O)N1CCCC1. The summed E-state index contributed by atoms with van der Waals surface area (Å²) in [5.74, 6) is -0.0463. The van der Waals surface area contributed by atoms with Gasteiger partial charge in [-0.3, -0.25) is 4.79 Å². The molecule has 5 nitrogen and oxygen atoms in total. The number of urea groups is 1. The predicted octanol–water partition coefficient (Wildman–Crippen LogP) is 0.659. The van der Waals surface area contributed by atoms with Crippen LogP contribution in [0.4, 0.5) is 4.79 Å². The van der Waals surface area contributed by atoms with Crippen molar-refractivity contribution in [2.45, 2.75) is 32.7 Å². The maximum absolute atomic E-state index is 11.7. The van der Waals surface area contributed by atoms with E-state index in [9.17, 15) is 9.59 Å². The second-order valence-electron chi connectivity index (χ2n) is 4.22. The minimum Gasteiger partial charge on any atom is -0.344 e. The highest BCUT2D eigenvalue weighted by Gasteiger charge is 2.23. The molecule has 1 unspecified atom stereocenters. The van der Waals surface area contributed by atoms with E-state index >= 15 is 0 Å². The Morgan fingerprint density at radius 1 is 1.38 bits per heavy atom. The van der Waals surface area contributed by atoms with Crippen LogP contribution >= 0.6 is 0 Å². The molecule has 0 saturated carbocycles. The monoisotopic (exact) mass is 227 g/mol. The number of likely N-dealkylation sites (tertiary alicyclic amines) is 1. The summed E-state index contributed by atoms with van der Waals surface area (Å²) >= 11 is 0. The van der Waals surface area contributed by atoms with Crippen molar-refractivity contribution >= 4 is 11.9 Å². The van der Waals surface area contributed by atoms with Gasteiger partial charge in [0.2, 0.25) is 5.91 Å².